The van der Waals surface area contributed by atoms with Gasteiger partial charge in [0, 0.05) is 18.2 Å². The van der Waals surface area contributed by atoms with Gasteiger partial charge in [-0.2, -0.15) is 0 Å². The number of benzene rings is 3. The van der Waals surface area contributed by atoms with Crippen molar-refractivity contribution < 1.29 is 23.1 Å². The molecule has 0 radical (unpaired) electrons. The number of primary amides is 1. The van der Waals surface area contributed by atoms with E-state index in [9.17, 15) is 23.1 Å². The second kappa shape index (κ2) is 9.43. The molecule has 1 aromatic heterocycles. The van der Waals surface area contributed by atoms with Crippen LogP contribution in [0.5, 0.6) is 0 Å². The first-order chi connectivity index (χ1) is 16.7. The Morgan fingerprint density at radius 2 is 1.63 bits per heavy atom. The fraction of sp³-hybridized carbons (Fsp3) is 0.0800. The molecule has 4 rings (SSSR count). The number of aromatic carboxylic acids is 1. The van der Waals surface area contributed by atoms with E-state index >= 15 is 0 Å². The van der Waals surface area contributed by atoms with Crippen molar-refractivity contribution in [1.29, 1.82) is 0 Å². The van der Waals surface area contributed by atoms with Gasteiger partial charge in [-0.3, -0.25) is 9.10 Å². The molecule has 3 N–H and O–H groups in total. The lowest BCUT2D eigenvalue weighted by Crippen LogP contribution is -2.31. The lowest BCUT2D eigenvalue weighted by atomic mass is 10.1. The van der Waals surface area contributed by atoms with Crippen LogP contribution in [-0.4, -0.2) is 35.0 Å². The third-order valence-corrected chi connectivity index (χ3v) is 7.27. The summed E-state index contributed by atoms with van der Waals surface area (Å²) in [6, 6.07) is 21.2. The number of hydrogen-bond donors (Lipinski definition) is 2. The second-order valence-corrected chi connectivity index (χ2v) is 9.60. The van der Waals surface area contributed by atoms with E-state index in [0.717, 1.165) is 0 Å². The molecule has 0 saturated carbocycles. The highest BCUT2D eigenvalue weighted by molar-refractivity contribution is 7.92. The van der Waals surface area contributed by atoms with Crippen molar-refractivity contribution in [2.45, 2.75) is 11.4 Å². The van der Waals surface area contributed by atoms with Crippen LogP contribution >= 0.6 is 0 Å². The Balaban J connectivity index is 1.99. The van der Waals surface area contributed by atoms with Gasteiger partial charge in [0.05, 0.1) is 23.3 Å². The highest BCUT2D eigenvalue weighted by atomic mass is 32.2. The number of nitrogens with two attached hydrogens (primary N) is 1. The van der Waals surface area contributed by atoms with Crippen LogP contribution in [-0.2, 0) is 23.6 Å². The summed E-state index contributed by atoms with van der Waals surface area (Å²) < 4.78 is 30.3. The van der Waals surface area contributed by atoms with E-state index in [0.29, 0.717) is 11.1 Å². The van der Waals surface area contributed by atoms with Crippen molar-refractivity contribution in [2.24, 2.45) is 12.8 Å². The number of rotatable bonds is 8. The fourth-order valence-electron chi connectivity index (χ4n) is 3.71. The Morgan fingerprint density at radius 1 is 1.00 bits per heavy atom. The van der Waals surface area contributed by atoms with Crippen molar-refractivity contribution in [3.8, 4) is 11.4 Å². The average Bonchev–Trinajstić information content (AvgIpc) is 3.24. The minimum Gasteiger partial charge on any atom is -0.477 e. The second-order valence-electron chi connectivity index (χ2n) is 7.74. The number of carboxylic acid groups (broad SMARTS) is 1. The number of aromatic nitrogens is 2. The van der Waals surface area contributed by atoms with Gasteiger partial charge in [-0.25, -0.2) is 18.2 Å². The summed E-state index contributed by atoms with van der Waals surface area (Å²) in [6.45, 7) is -0.0521. The zero-order valence-corrected chi connectivity index (χ0v) is 19.5. The van der Waals surface area contributed by atoms with E-state index in [1.54, 1.807) is 42.5 Å². The normalized spacial score (nSPS) is 11.2. The summed E-state index contributed by atoms with van der Waals surface area (Å²) in [5.41, 5.74) is 6.69. The maximum atomic E-state index is 13.9. The van der Waals surface area contributed by atoms with Gasteiger partial charge in [-0.15, -0.1) is 0 Å². The third-order valence-electron chi connectivity index (χ3n) is 5.50. The van der Waals surface area contributed by atoms with Crippen molar-refractivity contribution in [3.05, 3.63) is 102 Å². The topological polar surface area (TPSA) is 136 Å². The molecule has 0 atom stereocenters. The predicted octanol–water partition coefficient (Wildman–Crippen LogP) is 3.28. The third kappa shape index (κ3) is 4.64. The highest BCUT2D eigenvalue weighted by Crippen LogP contribution is 2.36. The molecule has 0 aliphatic heterocycles. The summed E-state index contributed by atoms with van der Waals surface area (Å²) in [5, 5.41) is 9.47. The SMILES string of the molecule is Cn1c(C(=O)O)cnc1-c1ccc(C(N)=O)cc1N(Cc1ccccc1)S(=O)(=O)c1ccccc1. The number of nitrogens with zero attached hydrogens (tertiary/aromatic N) is 3. The first kappa shape index (κ1) is 23.7. The smallest absolute Gasteiger partial charge is 0.354 e. The van der Waals surface area contributed by atoms with Gasteiger partial charge in [-0.05, 0) is 35.9 Å². The molecular formula is C25H22N4O5S. The van der Waals surface area contributed by atoms with Crippen molar-refractivity contribution >= 4 is 27.6 Å². The summed E-state index contributed by atoms with van der Waals surface area (Å²) >= 11 is 0. The molecular weight excluding hydrogens is 468 g/mol. The molecule has 3 aromatic carbocycles. The van der Waals surface area contributed by atoms with Crippen LogP contribution in [0.1, 0.15) is 26.4 Å². The molecule has 0 aliphatic rings. The monoisotopic (exact) mass is 490 g/mol. The summed E-state index contributed by atoms with van der Waals surface area (Å²) in [4.78, 5) is 27.9. The fourth-order valence-corrected chi connectivity index (χ4v) is 5.19. The van der Waals surface area contributed by atoms with Crippen molar-refractivity contribution in [2.75, 3.05) is 4.31 Å². The lowest BCUT2D eigenvalue weighted by molar-refractivity contribution is 0.0686. The molecule has 0 spiro atoms. The lowest BCUT2D eigenvalue weighted by Gasteiger charge is -2.27. The molecule has 0 aliphatic carbocycles. The van der Waals surface area contributed by atoms with Gasteiger partial charge in [0.25, 0.3) is 10.0 Å². The number of imidazole rings is 1. The largest absolute Gasteiger partial charge is 0.477 e. The van der Waals surface area contributed by atoms with Crippen LogP contribution in [0.25, 0.3) is 11.4 Å². The van der Waals surface area contributed by atoms with E-state index in [1.165, 1.54) is 52.4 Å². The van der Waals surface area contributed by atoms with Crippen molar-refractivity contribution in [3.63, 3.8) is 0 Å². The number of sulfonamides is 1. The maximum Gasteiger partial charge on any atom is 0.354 e. The molecule has 10 heteroatoms. The Hall–Kier alpha value is -4.44. The number of carbonyl (C=O) groups is 2. The molecule has 9 nitrogen and oxygen atoms in total. The van der Waals surface area contributed by atoms with Gasteiger partial charge in [0.15, 0.2) is 0 Å². The summed E-state index contributed by atoms with van der Waals surface area (Å²) in [7, 11) is -2.60. The van der Waals surface area contributed by atoms with Crippen LogP contribution in [0, 0.1) is 0 Å². The van der Waals surface area contributed by atoms with Gasteiger partial charge in [-0.1, -0.05) is 48.5 Å². The number of carboxylic acids is 1. The molecule has 0 fully saturated rings. The maximum absolute atomic E-state index is 13.9. The van der Waals surface area contributed by atoms with E-state index in [2.05, 4.69) is 4.98 Å². The molecule has 178 valence electrons. The quantitative estimate of drug-likeness (QED) is 0.389. The number of carbonyl (C=O) groups excluding carboxylic acids is 1. The highest BCUT2D eigenvalue weighted by Gasteiger charge is 2.29. The minimum atomic E-state index is -4.12. The van der Waals surface area contributed by atoms with Gasteiger partial charge in [0.1, 0.15) is 11.5 Å². The molecule has 1 heterocycles. The minimum absolute atomic E-state index is 0.0521. The molecule has 0 unspecified atom stereocenters. The van der Waals surface area contributed by atoms with Crippen LogP contribution in [0.2, 0.25) is 0 Å². The average molecular weight is 491 g/mol. The predicted molar refractivity (Wildman–Crippen MR) is 130 cm³/mol. The Bertz CT molecular complexity index is 1500. The number of anilines is 1. The molecule has 0 saturated heterocycles. The molecule has 1 amide bonds. The Kier molecular flexibility index (Phi) is 6.39. The first-order valence-corrected chi connectivity index (χ1v) is 11.9. The molecule has 4 aromatic rings. The number of amides is 1. The van der Waals surface area contributed by atoms with Crippen molar-refractivity contribution in [1.82, 2.24) is 9.55 Å². The van der Waals surface area contributed by atoms with Crippen LogP contribution in [0.3, 0.4) is 0 Å². The van der Waals surface area contributed by atoms with Crippen LogP contribution in [0.4, 0.5) is 5.69 Å². The van der Waals surface area contributed by atoms with Crippen LogP contribution in [0.15, 0.2) is 90.0 Å². The van der Waals surface area contributed by atoms with Crippen LogP contribution < -0.4 is 10.0 Å². The van der Waals surface area contributed by atoms with E-state index < -0.39 is 21.9 Å². The van der Waals surface area contributed by atoms with Gasteiger partial charge in [0.2, 0.25) is 5.91 Å². The molecule has 0 bridgehead atoms. The van der Waals surface area contributed by atoms with Gasteiger partial charge < -0.3 is 15.4 Å². The number of hydrogen-bond acceptors (Lipinski definition) is 5. The summed E-state index contributed by atoms with van der Waals surface area (Å²) in [5.74, 6) is -1.70. The Labute approximate surface area is 202 Å². The zero-order valence-electron chi connectivity index (χ0n) is 18.7. The van der Waals surface area contributed by atoms with Gasteiger partial charge >= 0.3 is 5.97 Å². The van der Waals surface area contributed by atoms with E-state index in [1.807, 2.05) is 6.07 Å². The van der Waals surface area contributed by atoms with E-state index in [-0.39, 0.29) is 34.2 Å². The zero-order chi connectivity index (χ0) is 25.2. The van der Waals surface area contributed by atoms with E-state index in [4.69, 9.17) is 5.73 Å². The standard InChI is InChI=1S/C25H22N4O5S/c1-28-22(25(31)32)15-27-24(28)20-13-12-18(23(26)30)14-21(20)29(16-17-8-4-2-5-9-17)35(33,34)19-10-6-3-7-11-19/h2-15H,16H2,1H3,(H2,26,30)(H,31,32). The first-order valence-electron chi connectivity index (χ1n) is 10.5. The molecule has 35 heavy (non-hydrogen) atoms. The summed E-state index contributed by atoms with van der Waals surface area (Å²) in [6.07, 6.45) is 1.19. The Morgan fingerprint density at radius 3 is 2.20 bits per heavy atom.